The highest BCUT2D eigenvalue weighted by Crippen LogP contribution is 2.37. The van der Waals surface area contributed by atoms with Gasteiger partial charge in [-0.1, -0.05) is 11.3 Å². The first kappa shape index (κ1) is 22.3. The third kappa shape index (κ3) is 5.41. The lowest BCUT2D eigenvalue weighted by Gasteiger charge is -2.26. The first-order valence-electron chi connectivity index (χ1n) is 9.47. The summed E-state index contributed by atoms with van der Waals surface area (Å²) >= 11 is 2.24. The van der Waals surface area contributed by atoms with E-state index in [-0.39, 0.29) is 36.0 Å². The first-order valence-corrected chi connectivity index (χ1v) is 11.1. The van der Waals surface area contributed by atoms with E-state index >= 15 is 0 Å². The molecular formula is C19H23FN4O4S2. The number of nitrogens with zero attached hydrogens (tertiary/aromatic N) is 3. The summed E-state index contributed by atoms with van der Waals surface area (Å²) in [5.74, 6) is -1.30. The number of aryl methyl sites for hydroxylation is 1. The normalized spacial score (nSPS) is 16.3. The van der Waals surface area contributed by atoms with Crippen molar-refractivity contribution < 1.29 is 23.9 Å². The van der Waals surface area contributed by atoms with E-state index in [2.05, 4.69) is 10.3 Å². The summed E-state index contributed by atoms with van der Waals surface area (Å²) in [6, 6.07) is 1.69. The van der Waals surface area contributed by atoms with Crippen LogP contribution in [0.25, 0.3) is 0 Å². The lowest BCUT2D eigenvalue weighted by atomic mass is 10.1. The van der Waals surface area contributed by atoms with Gasteiger partial charge < -0.3 is 10.0 Å². The summed E-state index contributed by atoms with van der Waals surface area (Å²) in [6.07, 6.45) is 2.72. The highest BCUT2D eigenvalue weighted by atomic mass is 32.1. The minimum absolute atomic E-state index is 0.0151. The van der Waals surface area contributed by atoms with Crippen LogP contribution >= 0.6 is 22.7 Å². The quantitative estimate of drug-likeness (QED) is 0.636. The predicted molar refractivity (Wildman–Crippen MR) is 113 cm³/mol. The van der Waals surface area contributed by atoms with Crippen LogP contribution in [0, 0.1) is 12.1 Å². The molecule has 0 radical (unpaired) electrons. The number of rotatable bonds is 8. The number of thiophene rings is 1. The molecule has 3 rings (SSSR count). The number of thiazole rings is 1. The molecule has 0 aromatic carbocycles. The number of hydrogen-bond acceptors (Lipinski definition) is 7. The highest BCUT2D eigenvalue weighted by Gasteiger charge is 2.32. The molecule has 2 amide bonds. The van der Waals surface area contributed by atoms with Crippen molar-refractivity contribution in [2.45, 2.75) is 32.2 Å². The molecule has 2 aromatic heterocycles. The van der Waals surface area contributed by atoms with Crippen molar-refractivity contribution in [1.29, 1.82) is 0 Å². The van der Waals surface area contributed by atoms with Crippen LogP contribution in [0.3, 0.4) is 0 Å². The van der Waals surface area contributed by atoms with Crippen molar-refractivity contribution in [3.63, 3.8) is 0 Å². The van der Waals surface area contributed by atoms with Crippen LogP contribution in [-0.2, 0) is 9.59 Å². The minimum Gasteiger partial charge on any atom is -0.481 e. The largest absolute Gasteiger partial charge is 0.481 e. The number of hydrogen-bond donors (Lipinski definition) is 2. The smallest absolute Gasteiger partial charge is 0.304 e. The molecule has 30 heavy (non-hydrogen) atoms. The number of amides is 2. The van der Waals surface area contributed by atoms with Crippen molar-refractivity contribution in [2.75, 3.05) is 32.0 Å². The lowest BCUT2D eigenvalue weighted by Crippen LogP contribution is -2.39. The molecule has 11 heteroatoms. The van der Waals surface area contributed by atoms with Gasteiger partial charge in [0.1, 0.15) is 0 Å². The highest BCUT2D eigenvalue weighted by molar-refractivity contribution is 7.14. The van der Waals surface area contributed by atoms with E-state index in [1.807, 2.05) is 6.92 Å². The molecule has 1 aliphatic heterocycles. The summed E-state index contributed by atoms with van der Waals surface area (Å²) in [4.78, 5) is 45.1. The van der Waals surface area contributed by atoms with Gasteiger partial charge >= 0.3 is 5.97 Å². The molecule has 1 aliphatic rings. The SMILES string of the molecule is Cc1sc(C2CCCN2C(=O)CN(C)CCC(=O)O)cc1C(=O)Nc1ncc(F)s1. The number of aliphatic carboxylic acids is 1. The standard InChI is InChI=1S/C19H23FN4O4S2/c1-11-12(18(28)22-19-21-9-15(20)30-19)8-14(29-11)13-4-3-6-24(13)16(25)10-23(2)7-5-17(26)27/h8-9,13H,3-7,10H2,1-2H3,(H,26,27)(H,21,22,28). The molecular weight excluding hydrogens is 431 g/mol. The minimum atomic E-state index is -0.895. The average molecular weight is 455 g/mol. The van der Waals surface area contributed by atoms with E-state index in [0.29, 0.717) is 18.7 Å². The van der Waals surface area contributed by atoms with Crippen LogP contribution in [0.2, 0.25) is 0 Å². The Bertz CT molecular complexity index is 945. The Hall–Kier alpha value is -2.37. The maximum absolute atomic E-state index is 13.1. The molecule has 1 atom stereocenters. The number of nitrogens with one attached hydrogen (secondary N) is 1. The fourth-order valence-electron chi connectivity index (χ4n) is 3.42. The van der Waals surface area contributed by atoms with Gasteiger partial charge in [0.15, 0.2) is 10.3 Å². The molecule has 1 saturated heterocycles. The summed E-state index contributed by atoms with van der Waals surface area (Å²) in [6.45, 7) is 2.93. The van der Waals surface area contributed by atoms with E-state index in [4.69, 9.17) is 5.11 Å². The number of likely N-dealkylation sites (tertiary alicyclic amines) is 1. The van der Waals surface area contributed by atoms with Crippen molar-refractivity contribution >= 4 is 45.6 Å². The summed E-state index contributed by atoms with van der Waals surface area (Å²) < 4.78 is 13.1. The van der Waals surface area contributed by atoms with Crippen LogP contribution in [0.4, 0.5) is 9.52 Å². The third-order valence-corrected chi connectivity index (χ3v) is 6.75. The number of carbonyl (C=O) groups excluding carboxylic acids is 2. The number of carbonyl (C=O) groups is 3. The predicted octanol–water partition coefficient (Wildman–Crippen LogP) is 2.97. The number of aromatic nitrogens is 1. The van der Waals surface area contributed by atoms with Gasteiger partial charge in [-0.2, -0.15) is 4.39 Å². The summed E-state index contributed by atoms with van der Waals surface area (Å²) in [5, 5.41) is 11.1. The van der Waals surface area contributed by atoms with Crippen LogP contribution in [0.15, 0.2) is 12.3 Å². The Kier molecular flexibility index (Phi) is 7.16. The van der Waals surface area contributed by atoms with Crippen molar-refractivity contribution in [3.8, 4) is 0 Å². The van der Waals surface area contributed by atoms with Gasteiger partial charge in [-0.15, -0.1) is 11.3 Å². The second-order valence-electron chi connectivity index (χ2n) is 7.17. The number of carboxylic acid groups (broad SMARTS) is 1. The first-order chi connectivity index (χ1) is 14.2. The summed E-state index contributed by atoms with van der Waals surface area (Å²) in [5.41, 5.74) is 0.489. The van der Waals surface area contributed by atoms with Gasteiger partial charge in [-0.05, 0) is 32.9 Å². The number of likely N-dealkylation sites (N-methyl/N-ethyl adjacent to an activating group) is 1. The molecule has 0 bridgehead atoms. The maximum atomic E-state index is 13.1. The molecule has 8 nitrogen and oxygen atoms in total. The van der Waals surface area contributed by atoms with Crippen LogP contribution in [0.5, 0.6) is 0 Å². The van der Waals surface area contributed by atoms with Crippen molar-refractivity contribution in [3.05, 3.63) is 32.7 Å². The Balaban J connectivity index is 1.67. The zero-order valence-corrected chi connectivity index (χ0v) is 18.3. The monoisotopic (exact) mass is 454 g/mol. The van der Waals surface area contributed by atoms with E-state index in [0.717, 1.165) is 40.1 Å². The zero-order valence-electron chi connectivity index (χ0n) is 16.7. The van der Waals surface area contributed by atoms with E-state index in [1.54, 1.807) is 22.9 Å². The number of carboxylic acids is 1. The summed E-state index contributed by atoms with van der Waals surface area (Å²) in [7, 11) is 1.73. The fourth-order valence-corrected chi connectivity index (χ4v) is 5.13. The maximum Gasteiger partial charge on any atom is 0.304 e. The molecule has 1 fully saturated rings. The topological polar surface area (TPSA) is 103 Å². The Morgan fingerprint density at radius 1 is 1.40 bits per heavy atom. The van der Waals surface area contributed by atoms with Crippen LogP contribution in [0.1, 0.15) is 45.4 Å². The Morgan fingerprint density at radius 3 is 2.83 bits per heavy atom. The van der Waals surface area contributed by atoms with Gasteiger partial charge in [-0.3, -0.25) is 24.6 Å². The van der Waals surface area contributed by atoms with Gasteiger partial charge in [-0.25, -0.2) is 4.98 Å². The van der Waals surface area contributed by atoms with E-state index in [1.165, 1.54) is 11.3 Å². The van der Waals surface area contributed by atoms with Gasteiger partial charge in [0.05, 0.1) is 30.8 Å². The average Bonchev–Trinajstić information content (AvgIpc) is 3.39. The third-order valence-electron chi connectivity index (χ3n) is 4.89. The van der Waals surface area contributed by atoms with Crippen LogP contribution < -0.4 is 5.32 Å². The molecule has 0 spiro atoms. The van der Waals surface area contributed by atoms with Gasteiger partial charge in [0, 0.05) is 22.8 Å². The lowest BCUT2D eigenvalue weighted by molar-refractivity contribution is -0.138. The van der Waals surface area contributed by atoms with Gasteiger partial charge in [0.2, 0.25) is 5.91 Å². The van der Waals surface area contributed by atoms with E-state index in [9.17, 15) is 18.8 Å². The fraction of sp³-hybridized carbons (Fsp3) is 0.474. The zero-order chi connectivity index (χ0) is 21.8. The van der Waals surface area contributed by atoms with E-state index < -0.39 is 11.1 Å². The second-order valence-corrected chi connectivity index (χ2v) is 9.44. The molecule has 2 N–H and O–H groups in total. The molecule has 162 valence electrons. The van der Waals surface area contributed by atoms with Crippen LogP contribution in [-0.4, -0.2) is 64.4 Å². The molecule has 0 saturated carbocycles. The molecule has 2 aromatic rings. The van der Waals surface area contributed by atoms with Gasteiger partial charge in [0.25, 0.3) is 5.91 Å². The Labute approximate surface area is 181 Å². The second kappa shape index (κ2) is 9.63. The number of anilines is 1. The van der Waals surface area contributed by atoms with Crippen molar-refractivity contribution in [2.24, 2.45) is 0 Å². The molecule has 3 heterocycles. The molecule has 0 aliphatic carbocycles. The Morgan fingerprint density at radius 2 is 2.17 bits per heavy atom. The molecule has 1 unspecified atom stereocenters. The number of halogens is 1. The van der Waals surface area contributed by atoms with Crippen molar-refractivity contribution in [1.82, 2.24) is 14.8 Å².